The molecule has 2 rings (SSSR count). The fourth-order valence-corrected chi connectivity index (χ4v) is 1.95. The molecule has 0 atom stereocenters. The zero-order chi connectivity index (χ0) is 12.5. The van der Waals surface area contributed by atoms with Crippen LogP contribution in [-0.4, -0.2) is 47.6 Å². The molecule has 0 aliphatic carbocycles. The summed E-state index contributed by atoms with van der Waals surface area (Å²) >= 11 is 0. The van der Waals surface area contributed by atoms with Crippen molar-refractivity contribution in [2.24, 2.45) is 0 Å². The van der Waals surface area contributed by atoms with Crippen LogP contribution in [-0.2, 0) is 10.1 Å². The summed E-state index contributed by atoms with van der Waals surface area (Å²) in [5.74, 6) is 0.170. The van der Waals surface area contributed by atoms with Crippen LogP contribution in [0, 0.1) is 0 Å². The molecule has 0 saturated carbocycles. The minimum atomic E-state index is -4.15. The molecule has 0 unspecified atom stereocenters. The van der Waals surface area contributed by atoms with E-state index in [1.807, 2.05) is 0 Å². The Labute approximate surface area is 127 Å². The van der Waals surface area contributed by atoms with Crippen LogP contribution in [0.4, 0.5) is 0 Å². The van der Waals surface area contributed by atoms with Crippen molar-refractivity contribution in [2.75, 3.05) is 0 Å². The maximum absolute atomic E-state index is 10.8. The van der Waals surface area contributed by atoms with Gasteiger partial charge in [-0.05, 0) is 35.4 Å². The molecule has 0 aromatic heterocycles. The molecule has 0 aliphatic rings. The molecular weight excluding hydrogens is 263 g/mol. The molecule has 0 bridgehead atoms. The van der Waals surface area contributed by atoms with Crippen molar-refractivity contribution in [3.05, 3.63) is 48.5 Å². The maximum atomic E-state index is 10.8. The number of aromatic hydroxyl groups is 1. The summed E-state index contributed by atoms with van der Waals surface area (Å²) in [5, 5.41) is 9.14. The molecule has 0 heterocycles. The van der Waals surface area contributed by atoms with Crippen LogP contribution in [0.15, 0.2) is 53.4 Å². The van der Waals surface area contributed by atoms with Crippen molar-refractivity contribution in [3.8, 4) is 16.9 Å². The second-order valence-corrected chi connectivity index (χ2v) is 4.97. The Morgan fingerprint density at radius 1 is 0.778 bits per heavy atom. The third-order valence-corrected chi connectivity index (χ3v) is 3.22. The van der Waals surface area contributed by atoms with Crippen molar-refractivity contribution in [1.82, 2.24) is 0 Å². The van der Waals surface area contributed by atoms with Gasteiger partial charge in [-0.15, -0.1) is 0 Å². The van der Waals surface area contributed by atoms with Gasteiger partial charge in [0.15, 0.2) is 0 Å². The quantitative estimate of drug-likeness (QED) is 0.645. The van der Waals surface area contributed by atoms with Crippen LogP contribution in [0.2, 0.25) is 0 Å². The van der Waals surface area contributed by atoms with E-state index in [-0.39, 0.29) is 40.2 Å². The topological polar surface area (TPSA) is 74.6 Å². The Hall–Kier alpha value is -0.850. The third-order valence-electron chi connectivity index (χ3n) is 2.35. The Morgan fingerprint density at radius 2 is 1.17 bits per heavy atom. The fraction of sp³-hybridized carbons (Fsp3) is 0. The van der Waals surface area contributed by atoms with Gasteiger partial charge < -0.3 is 5.11 Å². The molecule has 2 aromatic rings. The molecule has 0 radical (unpaired) electrons. The second-order valence-electron chi connectivity index (χ2n) is 3.55. The first-order chi connectivity index (χ1) is 7.97. The van der Waals surface area contributed by atoms with Gasteiger partial charge in [-0.25, -0.2) is 0 Å². The number of hydrogen-bond donors (Lipinski definition) is 2. The third kappa shape index (κ3) is 3.57. The van der Waals surface area contributed by atoms with Crippen LogP contribution < -0.4 is 0 Å². The van der Waals surface area contributed by atoms with Crippen molar-refractivity contribution in [2.45, 2.75) is 4.90 Å². The Morgan fingerprint density at radius 3 is 1.56 bits per heavy atom. The number of benzene rings is 2. The molecule has 6 heteroatoms. The second kappa shape index (κ2) is 5.86. The van der Waals surface area contributed by atoms with Crippen LogP contribution >= 0.6 is 0 Å². The monoisotopic (exact) mass is 274 g/mol. The molecule has 18 heavy (non-hydrogen) atoms. The van der Waals surface area contributed by atoms with E-state index in [0.717, 1.165) is 11.1 Å². The van der Waals surface area contributed by atoms with E-state index < -0.39 is 10.1 Å². The fourth-order valence-electron chi connectivity index (χ4n) is 1.47. The van der Waals surface area contributed by atoms with E-state index in [4.69, 9.17) is 9.66 Å². The van der Waals surface area contributed by atoms with Gasteiger partial charge in [0.1, 0.15) is 5.75 Å². The van der Waals surface area contributed by atoms with Gasteiger partial charge in [-0.1, -0.05) is 24.3 Å². The van der Waals surface area contributed by atoms with Gasteiger partial charge in [0, 0.05) is 0 Å². The van der Waals surface area contributed by atoms with Crippen LogP contribution in [0.5, 0.6) is 5.75 Å². The number of phenols is 1. The van der Waals surface area contributed by atoms with Gasteiger partial charge in [0.25, 0.3) is 10.1 Å². The summed E-state index contributed by atoms with van der Waals surface area (Å²) in [6, 6.07) is 12.4. The van der Waals surface area contributed by atoms with Gasteiger partial charge >= 0.3 is 29.6 Å². The summed E-state index contributed by atoms with van der Waals surface area (Å²) < 4.78 is 30.5. The van der Waals surface area contributed by atoms with Crippen molar-refractivity contribution < 1.29 is 18.1 Å². The molecule has 4 nitrogen and oxygen atoms in total. The Balaban J connectivity index is 0.00000162. The molecule has 90 valence electrons. The van der Waals surface area contributed by atoms with E-state index in [0.29, 0.717) is 0 Å². The molecule has 0 amide bonds. The first-order valence-electron chi connectivity index (χ1n) is 4.84. The normalized spacial score (nSPS) is 10.7. The van der Waals surface area contributed by atoms with Crippen LogP contribution in [0.25, 0.3) is 11.1 Å². The summed E-state index contributed by atoms with van der Waals surface area (Å²) in [5.41, 5.74) is 1.65. The first kappa shape index (κ1) is 15.2. The summed E-state index contributed by atoms with van der Waals surface area (Å²) in [6.07, 6.45) is 0. The zero-order valence-electron chi connectivity index (χ0n) is 8.74. The van der Waals surface area contributed by atoms with Crippen molar-refractivity contribution >= 4 is 39.7 Å². The summed E-state index contributed by atoms with van der Waals surface area (Å²) in [6.45, 7) is 0. The Kier molecular flexibility index (Phi) is 4.95. The predicted molar refractivity (Wildman–Crippen MR) is 70.5 cm³/mol. The molecule has 2 aromatic carbocycles. The SMILES string of the molecule is O=S(=O)(O)c1ccc(-c2ccc(O)cc2)cc1.[NaH]. The molecule has 0 fully saturated rings. The van der Waals surface area contributed by atoms with E-state index in [1.54, 1.807) is 36.4 Å². The first-order valence-corrected chi connectivity index (χ1v) is 6.28. The van der Waals surface area contributed by atoms with Crippen LogP contribution in [0.1, 0.15) is 0 Å². The van der Waals surface area contributed by atoms with Crippen LogP contribution in [0.3, 0.4) is 0 Å². The number of phenolic OH excluding ortho intramolecular Hbond substituents is 1. The molecule has 0 saturated heterocycles. The van der Waals surface area contributed by atoms with Crippen molar-refractivity contribution in [1.29, 1.82) is 0 Å². The number of hydrogen-bond acceptors (Lipinski definition) is 3. The summed E-state index contributed by atoms with van der Waals surface area (Å²) in [4.78, 5) is -0.139. The Bertz CT molecular complexity index is 618. The average Bonchev–Trinajstić information content (AvgIpc) is 2.29. The molecule has 2 N–H and O–H groups in total. The van der Waals surface area contributed by atoms with E-state index >= 15 is 0 Å². The van der Waals surface area contributed by atoms with Gasteiger partial charge in [0.05, 0.1) is 4.90 Å². The van der Waals surface area contributed by atoms with E-state index in [1.165, 1.54) is 12.1 Å². The predicted octanol–water partition coefficient (Wildman–Crippen LogP) is 1.66. The zero-order valence-corrected chi connectivity index (χ0v) is 9.55. The summed E-state index contributed by atoms with van der Waals surface area (Å²) in [7, 11) is -4.15. The number of rotatable bonds is 2. The molecular formula is C12H11NaO4S. The standard InChI is InChI=1S/C12H10O4S.Na.H/c13-11-5-1-9(2-6-11)10-3-7-12(8-4-10)17(14,15)16;;/h1-8,13H,(H,14,15,16);;. The van der Waals surface area contributed by atoms with Gasteiger partial charge in [0.2, 0.25) is 0 Å². The molecule has 0 aliphatic heterocycles. The van der Waals surface area contributed by atoms with E-state index in [2.05, 4.69) is 0 Å². The molecule has 0 spiro atoms. The van der Waals surface area contributed by atoms with Gasteiger partial charge in [-0.3, -0.25) is 4.55 Å². The average molecular weight is 274 g/mol. The minimum absolute atomic E-state index is 0. The van der Waals surface area contributed by atoms with Gasteiger partial charge in [-0.2, -0.15) is 8.42 Å². The van der Waals surface area contributed by atoms with Crippen molar-refractivity contribution in [3.63, 3.8) is 0 Å². The van der Waals surface area contributed by atoms with E-state index in [9.17, 15) is 8.42 Å².